The molecule has 0 fully saturated rings. The molecule has 0 bridgehead atoms. The number of thioether (sulfide) groups is 1. The third-order valence-corrected chi connectivity index (χ3v) is 7.58. The van der Waals surface area contributed by atoms with Gasteiger partial charge < -0.3 is 10.1 Å². The van der Waals surface area contributed by atoms with Crippen molar-refractivity contribution in [3.05, 3.63) is 83.9 Å². The van der Waals surface area contributed by atoms with Crippen LogP contribution in [0.5, 0.6) is 5.75 Å². The number of halogens is 1. The molecule has 3 aromatic carbocycles. The minimum absolute atomic E-state index is 0.0828. The van der Waals surface area contributed by atoms with Gasteiger partial charge in [0.15, 0.2) is 0 Å². The van der Waals surface area contributed by atoms with Crippen molar-refractivity contribution in [3.8, 4) is 5.75 Å². The van der Waals surface area contributed by atoms with Crippen molar-refractivity contribution in [3.63, 3.8) is 0 Å². The van der Waals surface area contributed by atoms with Gasteiger partial charge in [0.1, 0.15) is 12.3 Å². The molecule has 0 atom stereocenters. The van der Waals surface area contributed by atoms with Gasteiger partial charge in [-0.1, -0.05) is 48.0 Å². The van der Waals surface area contributed by atoms with Gasteiger partial charge in [-0.2, -0.15) is 0 Å². The van der Waals surface area contributed by atoms with E-state index in [1.54, 1.807) is 42.1 Å². The summed E-state index contributed by atoms with van der Waals surface area (Å²) < 4.78 is 32.8. The maximum Gasteiger partial charge on any atom is 0.264 e. The molecule has 0 heterocycles. The van der Waals surface area contributed by atoms with Gasteiger partial charge >= 0.3 is 0 Å². The highest BCUT2D eigenvalue weighted by molar-refractivity contribution is 7.99. The summed E-state index contributed by atoms with van der Waals surface area (Å²) in [5.41, 5.74) is 0.272. The summed E-state index contributed by atoms with van der Waals surface area (Å²) in [6, 6.07) is 22.4. The van der Waals surface area contributed by atoms with Gasteiger partial charge in [0.05, 0.1) is 22.7 Å². The second-order valence-electron chi connectivity index (χ2n) is 6.66. The van der Waals surface area contributed by atoms with Crippen LogP contribution in [0.15, 0.2) is 88.7 Å². The van der Waals surface area contributed by atoms with Gasteiger partial charge in [0, 0.05) is 17.2 Å². The van der Waals surface area contributed by atoms with Gasteiger partial charge in [-0.15, -0.1) is 11.8 Å². The van der Waals surface area contributed by atoms with E-state index in [9.17, 15) is 13.2 Å². The van der Waals surface area contributed by atoms with Gasteiger partial charge in [0.25, 0.3) is 10.0 Å². The summed E-state index contributed by atoms with van der Waals surface area (Å²) in [5, 5.41) is 3.04. The number of amides is 1. The van der Waals surface area contributed by atoms with Crippen LogP contribution in [0, 0.1) is 0 Å². The van der Waals surface area contributed by atoms with Crippen LogP contribution in [0.4, 0.5) is 5.69 Å². The Bertz CT molecular complexity index is 1140. The normalized spacial score (nSPS) is 11.1. The van der Waals surface area contributed by atoms with Crippen molar-refractivity contribution < 1.29 is 17.9 Å². The third kappa shape index (κ3) is 6.18. The Labute approximate surface area is 197 Å². The maximum atomic E-state index is 13.3. The van der Waals surface area contributed by atoms with Crippen molar-refractivity contribution >= 4 is 45.0 Å². The number of carbonyl (C=O) groups excluding carboxylic acids is 1. The number of hydrogen-bond acceptors (Lipinski definition) is 5. The predicted octanol–water partition coefficient (Wildman–Crippen LogP) is 4.45. The number of nitrogens with one attached hydrogen (secondary N) is 1. The van der Waals surface area contributed by atoms with E-state index in [-0.39, 0.29) is 22.2 Å². The summed E-state index contributed by atoms with van der Waals surface area (Å²) in [6.45, 7) is 0.0247. The zero-order valence-electron chi connectivity index (χ0n) is 17.4. The molecule has 3 rings (SSSR count). The average Bonchev–Trinajstić information content (AvgIpc) is 2.81. The van der Waals surface area contributed by atoms with E-state index in [2.05, 4.69) is 5.32 Å². The molecule has 0 aliphatic carbocycles. The number of carbonyl (C=O) groups is 1. The second-order valence-corrected chi connectivity index (χ2v) is 10.1. The fourth-order valence-electron chi connectivity index (χ4n) is 2.91. The molecule has 0 spiro atoms. The first kappa shape index (κ1) is 24.0. The second kappa shape index (κ2) is 11.3. The molecule has 0 radical (unpaired) electrons. The van der Waals surface area contributed by atoms with Crippen molar-refractivity contribution in [2.45, 2.75) is 9.79 Å². The molecule has 0 aliphatic rings. The molecule has 3 aromatic rings. The van der Waals surface area contributed by atoms with E-state index in [4.69, 9.17) is 16.3 Å². The zero-order valence-corrected chi connectivity index (χ0v) is 19.8. The minimum atomic E-state index is -3.99. The molecule has 0 unspecified atom stereocenters. The van der Waals surface area contributed by atoms with Crippen LogP contribution >= 0.6 is 23.4 Å². The van der Waals surface area contributed by atoms with Crippen molar-refractivity contribution in [2.24, 2.45) is 0 Å². The molecule has 168 valence electrons. The molecule has 6 nitrogen and oxygen atoms in total. The van der Waals surface area contributed by atoms with Gasteiger partial charge in [-0.25, -0.2) is 8.42 Å². The highest BCUT2D eigenvalue weighted by atomic mass is 35.5. The summed E-state index contributed by atoms with van der Waals surface area (Å²) in [5.74, 6) is 0.662. The Morgan fingerprint density at radius 2 is 1.69 bits per heavy atom. The molecule has 0 aliphatic heterocycles. The van der Waals surface area contributed by atoms with Crippen molar-refractivity contribution in [1.82, 2.24) is 5.32 Å². The molecule has 1 amide bonds. The molecular weight excluding hydrogens is 468 g/mol. The fourth-order valence-corrected chi connectivity index (χ4v) is 5.38. The Balaban J connectivity index is 1.75. The Kier molecular flexibility index (Phi) is 8.44. The Morgan fingerprint density at radius 3 is 2.31 bits per heavy atom. The van der Waals surface area contributed by atoms with Crippen LogP contribution < -0.4 is 14.4 Å². The number of rotatable bonds is 10. The molecule has 9 heteroatoms. The minimum Gasteiger partial charge on any atom is -0.495 e. The molecule has 1 N–H and O–H groups in total. The topological polar surface area (TPSA) is 75.7 Å². The van der Waals surface area contributed by atoms with Crippen LogP contribution in [-0.4, -0.2) is 40.3 Å². The van der Waals surface area contributed by atoms with Gasteiger partial charge in [-0.05, 0) is 42.5 Å². The van der Waals surface area contributed by atoms with Crippen molar-refractivity contribution in [1.29, 1.82) is 0 Å². The lowest BCUT2D eigenvalue weighted by Crippen LogP contribution is -2.41. The zero-order chi connectivity index (χ0) is 23.0. The highest BCUT2D eigenvalue weighted by Crippen LogP contribution is 2.31. The van der Waals surface area contributed by atoms with E-state index in [1.807, 2.05) is 30.3 Å². The Morgan fingerprint density at radius 1 is 1.03 bits per heavy atom. The summed E-state index contributed by atoms with van der Waals surface area (Å²) in [7, 11) is -2.52. The number of anilines is 1. The van der Waals surface area contributed by atoms with E-state index >= 15 is 0 Å². The van der Waals surface area contributed by atoms with Gasteiger partial charge in [0.2, 0.25) is 5.91 Å². The number of ether oxygens (including phenoxy) is 1. The highest BCUT2D eigenvalue weighted by Gasteiger charge is 2.27. The largest absolute Gasteiger partial charge is 0.495 e. The number of nitrogens with zero attached hydrogens (tertiary/aromatic N) is 1. The van der Waals surface area contributed by atoms with E-state index < -0.39 is 15.9 Å². The number of sulfonamides is 1. The van der Waals surface area contributed by atoms with Crippen LogP contribution in [0.1, 0.15) is 0 Å². The summed E-state index contributed by atoms with van der Waals surface area (Å²) in [4.78, 5) is 13.8. The average molecular weight is 491 g/mol. The number of methoxy groups -OCH3 is 1. The summed E-state index contributed by atoms with van der Waals surface area (Å²) in [6.07, 6.45) is 0. The monoisotopic (exact) mass is 490 g/mol. The fraction of sp³-hybridized carbons (Fsp3) is 0.174. The van der Waals surface area contributed by atoms with Crippen LogP contribution in [-0.2, 0) is 14.8 Å². The van der Waals surface area contributed by atoms with E-state index in [1.165, 1.54) is 25.3 Å². The lowest BCUT2D eigenvalue weighted by Gasteiger charge is -2.24. The van der Waals surface area contributed by atoms with E-state index in [0.29, 0.717) is 18.0 Å². The molecule has 0 aromatic heterocycles. The molecule has 0 saturated carbocycles. The number of benzene rings is 3. The van der Waals surface area contributed by atoms with E-state index in [0.717, 1.165) is 9.20 Å². The molecule has 32 heavy (non-hydrogen) atoms. The quantitative estimate of drug-likeness (QED) is 0.335. The first-order valence-electron chi connectivity index (χ1n) is 9.77. The lowest BCUT2D eigenvalue weighted by atomic mass is 10.3. The summed E-state index contributed by atoms with van der Waals surface area (Å²) >= 11 is 7.83. The lowest BCUT2D eigenvalue weighted by molar-refractivity contribution is -0.119. The smallest absolute Gasteiger partial charge is 0.264 e. The number of hydrogen-bond donors (Lipinski definition) is 1. The van der Waals surface area contributed by atoms with Crippen LogP contribution in [0.2, 0.25) is 5.02 Å². The SMILES string of the molecule is COc1ccc(N(CC(=O)NCCSc2ccccc2)S(=O)(=O)c2ccccc2)cc1Cl. The maximum absolute atomic E-state index is 13.3. The Hall–Kier alpha value is -2.68. The predicted molar refractivity (Wildman–Crippen MR) is 129 cm³/mol. The van der Waals surface area contributed by atoms with Crippen molar-refractivity contribution in [2.75, 3.05) is 30.3 Å². The first-order valence-corrected chi connectivity index (χ1v) is 12.6. The van der Waals surface area contributed by atoms with Crippen LogP contribution in [0.25, 0.3) is 0 Å². The third-order valence-electron chi connectivity index (χ3n) is 4.48. The van der Waals surface area contributed by atoms with Crippen LogP contribution in [0.3, 0.4) is 0 Å². The molecular formula is C23H23ClN2O4S2. The standard InChI is InChI=1S/C23H23ClN2O4S2/c1-30-22-13-12-18(16-21(22)24)26(32(28,29)20-10-6-3-7-11-20)17-23(27)25-14-15-31-19-8-4-2-5-9-19/h2-13,16H,14-15,17H2,1H3,(H,25,27). The first-order chi connectivity index (χ1) is 15.4. The van der Waals surface area contributed by atoms with Gasteiger partial charge in [-0.3, -0.25) is 9.10 Å². The molecule has 0 saturated heterocycles.